The van der Waals surface area contributed by atoms with Crippen LogP contribution in [0, 0.1) is 5.92 Å². The summed E-state index contributed by atoms with van der Waals surface area (Å²) in [7, 11) is 0. The van der Waals surface area contributed by atoms with Crippen molar-refractivity contribution in [2.24, 2.45) is 11.7 Å². The number of thiazole rings is 1. The van der Waals surface area contributed by atoms with Crippen LogP contribution in [0.2, 0.25) is 0 Å². The van der Waals surface area contributed by atoms with Gasteiger partial charge in [-0.2, -0.15) is 0 Å². The van der Waals surface area contributed by atoms with Crippen LogP contribution in [0.3, 0.4) is 0 Å². The molecule has 0 bridgehead atoms. The second kappa shape index (κ2) is 3.99. The van der Waals surface area contributed by atoms with Crippen molar-refractivity contribution < 1.29 is 0 Å². The number of aryl methyl sites for hydroxylation is 1. The van der Waals surface area contributed by atoms with Gasteiger partial charge < -0.3 is 5.73 Å². The van der Waals surface area contributed by atoms with Crippen LogP contribution >= 0.6 is 11.3 Å². The molecule has 0 saturated heterocycles. The van der Waals surface area contributed by atoms with Gasteiger partial charge in [-0.1, -0.05) is 13.8 Å². The van der Waals surface area contributed by atoms with E-state index in [2.05, 4.69) is 18.8 Å². The quantitative estimate of drug-likeness (QED) is 0.815. The first kappa shape index (κ1) is 10.1. The number of hydrogen-bond acceptors (Lipinski definition) is 3. The first-order valence-corrected chi connectivity index (χ1v) is 6.26. The average Bonchev–Trinajstić information content (AvgIpc) is 2.59. The van der Waals surface area contributed by atoms with E-state index in [4.69, 9.17) is 5.73 Å². The molecular formula is C11H18N2S. The van der Waals surface area contributed by atoms with Crippen molar-refractivity contribution in [2.45, 2.75) is 45.6 Å². The summed E-state index contributed by atoms with van der Waals surface area (Å²) in [6, 6.07) is 0.154. The predicted molar refractivity (Wildman–Crippen MR) is 60.5 cm³/mol. The fraction of sp³-hybridized carbons (Fsp3) is 0.727. The van der Waals surface area contributed by atoms with Crippen molar-refractivity contribution in [3.8, 4) is 0 Å². The molecule has 2 nitrogen and oxygen atoms in total. The molecule has 0 amide bonds. The molecular weight excluding hydrogens is 192 g/mol. The van der Waals surface area contributed by atoms with Crippen molar-refractivity contribution in [3.05, 3.63) is 15.6 Å². The number of hydrogen-bond donors (Lipinski definition) is 1. The SMILES string of the molecule is CCC(N)c1nc2c(s1)CC(C)CC2. The van der Waals surface area contributed by atoms with Gasteiger partial charge in [0.25, 0.3) is 0 Å². The molecule has 0 aromatic carbocycles. The number of nitrogens with zero attached hydrogens (tertiary/aromatic N) is 1. The Morgan fingerprint density at radius 3 is 3.14 bits per heavy atom. The maximum atomic E-state index is 5.99. The monoisotopic (exact) mass is 210 g/mol. The van der Waals surface area contributed by atoms with Crippen LogP contribution in [0.1, 0.15) is 48.3 Å². The van der Waals surface area contributed by atoms with Gasteiger partial charge in [0.15, 0.2) is 0 Å². The Labute approximate surface area is 89.5 Å². The Balaban J connectivity index is 2.23. The number of fused-ring (bicyclic) bond motifs is 1. The molecule has 1 aromatic heterocycles. The van der Waals surface area contributed by atoms with Crippen LogP contribution in [-0.4, -0.2) is 4.98 Å². The van der Waals surface area contributed by atoms with Crippen molar-refractivity contribution in [1.82, 2.24) is 4.98 Å². The lowest BCUT2D eigenvalue weighted by Crippen LogP contribution is -2.10. The van der Waals surface area contributed by atoms with Gasteiger partial charge >= 0.3 is 0 Å². The van der Waals surface area contributed by atoms with Gasteiger partial charge in [-0.15, -0.1) is 11.3 Å². The Morgan fingerprint density at radius 2 is 2.43 bits per heavy atom. The minimum Gasteiger partial charge on any atom is -0.322 e. The summed E-state index contributed by atoms with van der Waals surface area (Å²) in [5, 5.41) is 1.14. The highest BCUT2D eigenvalue weighted by Crippen LogP contribution is 2.32. The molecule has 2 rings (SSSR count). The molecule has 0 spiro atoms. The molecule has 2 N–H and O–H groups in total. The average molecular weight is 210 g/mol. The third-order valence-corrected chi connectivity index (χ3v) is 4.21. The minimum absolute atomic E-state index is 0.154. The van der Waals surface area contributed by atoms with Crippen LogP contribution in [0.15, 0.2) is 0 Å². The van der Waals surface area contributed by atoms with E-state index in [0.717, 1.165) is 23.8 Å². The Kier molecular flexibility index (Phi) is 2.88. The molecule has 0 fully saturated rings. The lowest BCUT2D eigenvalue weighted by Gasteiger charge is -2.15. The largest absolute Gasteiger partial charge is 0.322 e. The van der Waals surface area contributed by atoms with Crippen LogP contribution in [-0.2, 0) is 12.8 Å². The second-order valence-electron chi connectivity index (χ2n) is 4.28. The summed E-state index contributed by atoms with van der Waals surface area (Å²) in [6.45, 7) is 4.44. The third kappa shape index (κ3) is 1.84. The van der Waals surface area contributed by atoms with E-state index in [0.29, 0.717) is 0 Å². The topological polar surface area (TPSA) is 38.9 Å². The van der Waals surface area contributed by atoms with Gasteiger partial charge in [0.2, 0.25) is 0 Å². The molecule has 14 heavy (non-hydrogen) atoms. The zero-order valence-corrected chi connectivity index (χ0v) is 9.73. The minimum atomic E-state index is 0.154. The zero-order valence-electron chi connectivity index (χ0n) is 8.92. The van der Waals surface area contributed by atoms with E-state index in [9.17, 15) is 0 Å². The summed E-state index contributed by atoms with van der Waals surface area (Å²) in [4.78, 5) is 6.14. The van der Waals surface area contributed by atoms with E-state index in [1.807, 2.05) is 11.3 Å². The molecule has 1 aliphatic carbocycles. The summed E-state index contributed by atoms with van der Waals surface area (Å²) in [5.41, 5.74) is 7.31. The second-order valence-corrected chi connectivity index (χ2v) is 5.40. The van der Waals surface area contributed by atoms with Crippen LogP contribution in [0.4, 0.5) is 0 Å². The molecule has 0 radical (unpaired) electrons. The number of nitrogens with two attached hydrogens (primary N) is 1. The van der Waals surface area contributed by atoms with Crippen LogP contribution < -0.4 is 5.73 Å². The summed E-state index contributed by atoms with van der Waals surface area (Å²) < 4.78 is 0. The highest BCUT2D eigenvalue weighted by atomic mass is 32.1. The van der Waals surface area contributed by atoms with E-state index in [1.165, 1.54) is 23.4 Å². The van der Waals surface area contributed by atoms with Gasteiger partial charge in [0.1, 0.15) is 5.01 Å². The van der Waals surface area contributed by atoms with E-state index in [-0.39, 0.29) is 6.04 Å². The van der Waals surface area contributed by atoms with Crippen molar-refractivity contribution in [3.63, 3.8) is 0 Å². The van der Waals surface area contributed by atoms with Crippen molar-refractivity contribution in [1.29, 1.82) is 0 Å². The normalized spacial score (nSPS) is 23.2. The van der Waals surface area contributed by atoms with Gasteiger partial charge in [0, 0.05) is 4.88 Å². The molecule has 0 saturated carbocycles. The lowest BCUT2D eigenvalue weighted by atomic mass is 9.93. The Morgan fingerprint density at radius 1 is 1.64 bits per heavy atom. The summed E-state index contributed by atoms with van der Waals surface area (Å²) in [5.74, 6) is 0.827. The van der Waals surface area contributed by atoms with E-state index < -0.39 is 0 Å². The molecule has 0 aliphatic heterocycles. The molecule has 2 atom stereocenters. The highest BCUT2D eigenvalue weighted by Gasteiger charge is 2.21. The molecule has 78 valence electrons. The van der Waals surface area contributed by atoms with Gasteiger partial charge in [-0.3, -0.25) is 0 Å². The molecule has 1 heterocycles. The summed E-state index contributed by atoms with van der Waals surface area (Å²) in [6.07, 6.45) is 4.65. The Bertz CT molecular complexity index is 319. The first-order chi connectivity index (χ1) is 6.70. The number of aromatic nitrogens is 1. The standard InChI is InChI=1S/C11H18N2S/c1-3-8(12)11-13-9-5-4-7(2)6-10(9)14-11/h7-8H,3-6,12H2,1-2H3. The van der Waals surface area contributed by atoms with Gasteiger partial charge in [-0.05, 0) is 31.6 Å². The zero-order chi connectivity index (χ0) is 10.1. The maximum absolute atomic E-state index is 5.99. The van der Waals surface area contributed by atoms with Gasteiger partial charge in [-0.25, -0.2) is 4.98 Å². The van der Waals surface area contributed by atoms with Crippen molar-refractivity contribution in [2.75, 3.05) is 0 Å². The van der Waals surface area contributed by atoms with E-state index in [1.54, 1.807) is 0 Å². The van der Waals surface area contributed by atoms with Gasteiger partial charge in [0.05, 0.1) is 11.7 Å². The fourth-order valence-electron chi connectivity index (χ4n) is 1.89. The maximum Gasteiger partial charge on any atom is 0.110 e. The van der Waals surface area contributed by atoms with Crippen molar-refractivity contribution >= 4 is 11.3 Å². The first-order valence-electron chi connectivity index (χ1n) is 5.44. The van der Waals surface area contributed by atoms with Crippen LogP contribution in [0.25, 0.3) is 0 Å². The fourth-order valence-corrected chi connectivity index (χ4v) is 3.25. The van der Waals surface area contributed by atoms with Crippen LogP contribution in [0.5, 0.6) is 0 Å². The predicted octanol–water partition coefficient (Wildman–Crippen LogP) is 2.68. The molecule has 3 heteroatoms. The highest BCUT2D eigenvalue weighted by molar-refractivity contribution is 7.11. The molecule has 2 unspecified atom stereocenters. The van der Waals surface area contributed by atoms with E-state index >= 15 is 0 Å². The smallest absolute Gasteiger partial charge is 0.110 e. The number of rotatable bonds is 2. The molecule has 1 aromatic rings. The summed E-state index contributed by atoms with van der Waals surface area (Å²) >= 11 is 1.84. The molecule has 1 aliphatic rings. The Hall–Kier alpha value is -0.410. The third-order valence-electron chi connectivity index (χ3n) is 2.96. The lowest BCUT2D eigenvalue weighted by molar-refractivity contribution is 0.501.